The van der Waals surface area contributed by atoms with Crippen molar-refractivity contribution in [3.63, 3.8) is 0 Å². The Bertz CT molecular complexity index is 495. The van der Waals surface area contributed by atoms with Gasteiger partial charge in [0.05, 0.1) is 5.56 Å². The number of halogens is 3. The number of rotatable bonds is 8. The highest BCUT2D eigenvalue weighted by Crippen LogP contribution is 2.31. The van der Waals surface area contributed by atoms with Gasteiger partial charge in [-0.1, -0.05) is 12.1 Å². The van der Waals surface area contributed by atoms with Crippen molar-refractivity contribution in [2.45, 2.75) is 50.9 Å². The highest BCUT2D eigenvalue weighted by Gasteiger charge is 2.31. The SMILES string of the molecule is O=C(O)CCCCN(Cc1ccc(C(F)(F)F)cc1)C1CC1. The van der Waals surface area contributed by atoms with E-state index in [1.165, 1.54) is 12.1 Å². The first-order valence-electron chi connectivity index (χ1n) is 7.48. The summed E-state index contributed by atoms with van der Waals surface area (Å²) in [6.07, 6.45) is -0.488. The van der Waals surface area contributed by atoms with Crippen LogP contribution in [0.5, 0.6) is 0 Å². The van der Waals surface area contributed by atoms with E-state index >= 15 is 0 Å². The van der Waals surface area contributed by atoms with Gasteiger partial charge in [-0.25, -0.2) is 0 Å². The Balaban J connectivity index is 1.86. The monoisotopic (exact) mass is 315 g/mol. The summed E-state index contributed by atoms with van der Waals surface area (Å²) in [6, 6.07) is 5.77. The highest BCUT2D eigenvalue weighted by atomic mass is 19.4. The first-order valence-corrected chi connectivity index (χ1v) is 7.48. The van der Waals surface area contributed by atoms with E-state index < -0.39 is 17.7 Å². The molecule has 1 fully saturated rings. The Morgan fingerprint density at radius 3 is 2.32 bits per heavy atom. The zero-order valence-corrected chi connectivity index (χ0v) is 12.3. The molecule has 1 N–H and O–H groups in total. The molecule has 0 spiro atoms. The minimum Gasteiger partial charge on any atom is -0.481 e. The fourth-order valence-electron chi connectivity index (χ4n) is 2.46. The van der Waals surface area contributed by atoms with Gasteiger partial charge in [0.1, 0.15) is 0 Å². The largest absolute Gasteiger partial charge is 0.481 e. The third-order valence-electron chi connectivity index (χ3n) is 3.82. The van der Waals surface area contributed by atoms with Gasteiger partial charge in [0, 0.05) is 19.0 Å². The number of aliphatic carboxylic acids is 1. The van der Waals surface area contributed by atoms with Crippen molar-refractivity contribution in [1.29, 1.82) is 0 Å². The lowest BCUT2D eigenvalue weighted by atomic mass is 10.1. The van der Waals surface area contributed by atoms with Crippen molar-refractivity contribution < 1.29 is 23.1 Å². The highest BCUT2D eigenvalue weighted by molar-refractivity contribution is 5.66. The average molecular weight is 315 g/mol. The molecule has 1 aliphatic rings. The van der Waals surface area contributed by atoms with Crippen LogP contribution in [-0.2, 0) is 17.5 Å². The predicted molar refractivity (Wildman–Crippen MR) is 76.4 cm³/mol. The number of nitrogens with zero attached hydrogens (tertiary/aromatic N) is 1. The smallest absolute Gasteiger partial charge is 0.416 e. The van der Waals surface area contributed by atoms with Gasteiger partial charge >= 0.3 is 12.1 Å². The predicted octanol–water partition coefficient (Wildman–Crippen LogP) is 3.92. The molecule has 0 unspecified atom stereocenters. The second-order valence-electron chi connectivity index (χ2n) is 5.75. The molecule has 1 aromatic carbocycles. The number of carboxylic acid groups (broad SMARTS) is 1. The summed E-state index contributed by atoms with van der Waals surface area (Å²) in [4.78, 5) is 12.7. The number of carboxylic acids is 1. The van der Waals surface area contributed by atoms with E-state index in [4.69, 9.17) is 5.11 Å². The van der Waals surface area contributed by atoms with Gasteiger partial charge in [-0.15, -0.1) is 0 Å². The first-order chi connectivity index (χ1) is 10.4. The van der Waals surface area contributed by atoms with Crippen LogP contribution in [0.25, 0.3) is 0 Å². The molecular formula is C16H20F3NO2. The summed E-state index contributed by atoms with van der Waals surface area (Å²) < 4.78 is 37.6. The summed E-state index contributed by atoms with van der Waals surface area (Å²) in [5.74, 6) is -0.791. The summed E-state index contributed by atoms with van der Waals surface area (Å²) in [6.45, 7) is 1.41. The van der Waals surface area contributed by atoms with E-state index in [0.29, 0.717) is 19.0 Å². The van der Waals surface area contributed by atoms with Gasteiger partial charge in [0.2, 0.25) is 0 Å². The van der Waals surface area contributed by atoms with Crippen LogP contribution >= 0.6 is 0 Å². The summed E-state index contributed by atoms with van der Waals surface area (Å²) >= 11 is 0. The quantitative estimate of drug-likeness (QED) is 0.739. The minimum absolute atomic E-state index is 0.165. The second-order valence-corrected chi connectivity index (χ2v) is 5.75. The van der Waals surface area contributed by atoms with Gasteiger partial charge in [-0.05, 0) is 49.9 Å². The fraction of sp³-hybridized carbons (Fsp3) is 0.562. The number of alkyl halides is 3. The van der Waals surface area contributed by atoms with Crippen LogP contribution in [0.3, 0.4) is 0 Å². The molecular weight excluding hydrogens is 295 g/mol. The maximum atomic E-state index is 12.5. The maximum Gasteiger partial charge on any atom is 0.416 e. The molecule has 3 nitrogen and oxygen atoms in total. The zero-order valence-electron chi connectivity index (χ0n) is 12.3. The molecule has 0 aromatic heterocycles. The summed E-state index contributed by atoms with van der Waals surface area (Å²) in [7, 11) is 0. The van der Waals surface area contributed by atoms with Crippen LogP contribution in [0.2, 0.25) is 0 Å². The van der Waals surface area contributed by atoms with Gasteiger partial charge in [0.15, 0.2) is 0 Å². The van der Waals surface area contributed by atoms with Crippen LogP contribution < -0.4 is 0 Å². The van der Waals surface area contributed by atoms with Crippen molar-refractivity contribution in [2.24, 2.45) is 0 Å². The fourth-order valence-corrected chi connectivity index (χ4v) is 2.46. The van der Waals surface area contributed by atoms with Crippen molar-refractivity contribution >= 4 is 5.97 Å². The minimum atomic E-state index is -4.30. The number of benzene rings is 1. The lowest BCUT2D eigenvalue weighted by molar-refractivity contribution is -0.138. The number of unbranched alkanes of at least 4 members (excludes halogenated alkanes) is 1. The Morgan fingerprint density at radius 1 is 1.18 bits per heavy atom. The zero-order chi connectivity index (χ0) is 16.2. The van der Waals surface area contributed by atoms with E-state index in [9.17, 15) is 18.0 Å². The first kappa shape index (κ1) is 16.8. The molecule has 2 rings (SSSR count). The third-order valence-corrected chi connectivity index (χ3v) is 3.82. The Labute approximate surface area is 127 Å². The van der Waals surface area contributed by atoms with E-state index in [2.05, 4.69) is 4.90 Å². The van der Waals surface area contributed by atoms with Crippen molar-refractivity contribution in [2.75, 3.05) is 6.54 Å². The lowest BCUT2D eigenvalue weighted by Crippen LogP contribution is -2.26. The van der Waals surface area contributed by atoms with E-state index in [1.54, 1.807) is 0 Å². The van der Waals surface area contributed by atoms with Crippen molar-refractivity contribution in [3.05, 3.63) is 35.4 Å². The van der Waals surface area contributed by atoms with Gasteiger partial charge < -0.3 is 5.11 Å². The van der Waals surface area contributed by atoms with Crippen LogP contribution in [-0.4, -0.2) is 28.6 Å². The Kier molecular flexibility index (Phi) is 5.45. The maximum absolute atomic E-state index is 12.5. The lowest BCUT2D eigenvalue weighted by Gasteiger charge is -2.22. The van der Waals surface area contributed by atoms with Crippen LogP contribution in [0.4, 0.5) is 13.2 Å². The molecule has 0 heterocycles. The standard InChI is InChI=1S/C16H20F3NO2/c17-16(18,19)13-6-4-12(5-7-13)11-20(14-8-9-14)10-2-1-3-15(21)22/h4-7,14H,1-3,8-11H2,(H,21,22). The molecule has 0 atom stereocenters. The molecule has 0 bridgehead atoms. The van der Waals surface area contributed by atoms with Crippen LogP contribution in [0, 0.1) is 0 Å². The van der Waals surface area contributed by atoms with E-state index in [1.807, 2.05) is 0 Å². The Hall–Kier alpha value is -1.56. The molecule has 1 aromatic rings. The molecule has 1 saturated carbocycles. The number of carbonyl (C=O) groups is 1. The molecule has 22 heavy (non-hydrogen) atoms. The van der Waals surface area contributed by atoms with Gasteiger partial charge in [-0.2, -0.15) is 13.2 Å². The number of hydrogen-bond donors (Lipinski definition) is 1. The summed E-state index contributed by atoms with van der Waals surface area (Å²) in [5, 5.41) is 8.62. The van der Waals surface area contributed by atoms with Crippen molar-refractivity contribution in [1.82, 2.24) is 4.90 Å². The number of hydrogen-bond acceptors (Lipinski definition) is 2. The molecule has 122 valence electrons. The van der Waals surface area contributed by atoms with Gasteiger partial charge in [-0.3, -0.25) is 9.69 Å². The Morgan fingerprint density at radius 2 is 1.82 bits per heavy atom. The molecule has 1 aliphatic carbocycles. The second kappa shape index (κ2) is 7.13. The molecule has 0 saturated heterocycles. The van der Waals surface area contributed by atoms with Crippen LogP contribution in [0.15, 0.2) is 24.3 Å². The molecule has 6 heteroatoms. The average Bonchev–Trinajstić information content (AvgIpc) is 3.26. The van der Waals surface area contributed by atoms with E-state index in [-0.39, 0.29) is 6.42 Å². The van der Waals surface area contributed by atoms with Gasteiger partial charge in [0.25, 0.3) is 0 Å². The topological polar surface area (TPSA) is 40.5 Å². The van der Waals surface area contributed by atoms with Crippen molar-refractivity contribution in [3.8, 4) is 0 Å². The summed E-state index contributed by atoms with van der Waals surface area (Å²) in [5.41, 5.74) is 0.230. The normalized spacial score (nSPS) is 15.3. The third kappa shape index (κ3) is 5.33. The van der Waals surface area contributed by atoms with E-state index in [0.717, 1.165) is 43.5 Å². The molecule has 0 radical (unpaired) electrons. The molecule has 0 amide bonds. The van der Waals surface area contributed by atoms with Crippen LogP contribution in [0.1, 0.15) is 43.2 Å². The molecule has 0 aliphatic heterocycles.